The lowest BCUT2D eigenvalue weighted by atomic mass is 9.95. The second kappa shape index (κ2) is 10.9. The van der Waals surface area contributed by atoms with E-state index in [1.165, 1.54) is 0 Å². The predicted octanol–water partition coefficient (Wildman–Crippen LogP) is 1.56. The Hall–Kier alpha value is -0.810. The van der Waals surface area contributed by atoms with Gasteiger partial charge in [-0.15, -0.1) is 12.4 Å². The van der Waals surface area contributed by atoms with E-state index in [1.807, 2.05) is 18.7 Å². The third kappa shape index (κ3) is 7.14. The molecular weight excluding hydrogens is 290 g/mol. The molecule has 21 heavy (non-hydrogen) atoms. The maximum Gasteiger partial charge on any atom is 0.222 e. The van der Waals surface area contributed by atoms with E-state index in [0.717, 1.165) is 32.6 Å². The second-order valence-corrected chi connectivity index (χ2v) is 5.56. The smallest absolute Gasteiger partial charge is 0.222 e. The van der Waals surface area contributed by atoms with Crippen LogP contribution >= 0.6 is 12.4 Å². The van der Waals surface area contributed by atoms with Crippen LogP contribution in [-0.4, -0.2) is 48.9 Å². The van der Waals surface area contributed by atoms with Gasteiger partial charge in [0, 0.05) is 32.0 Å². The zero-order valence-corrected chi connectivity index (χ0v) is 14.3. The van der Waals surface area contributed by atoms with Crippen LogP contribution in [0, 0.1) is 5.92 Å². The fourth-order valence-electron chi connectivity index (χ4n) is 2.64. The summed E-state index contributed by atoms with van der Waals surface area (Å²) >= 11 is 0. The van der Waals surface area contributed by atoms with Crippen LogP contribution in [0.4, 0.5) is 0 Å². The van der Waals surface area contributed by atoms with E-state index in [9.17, 15) is 9.59 Å². The zero-order valence-electron chi connectivity index (χ0n) is 13.5. The van der Waals surface area contributed by atoms with Gasteiger partial charge in [0.2, 0.25) is 11.8 Å². The molecule has 0 spiro atoms. The molecule has 2 amide bonds. The summed E-state index contributed by atoms with van der Waals surface area (Å²) in [5.74, 6) is 0.708. The largest absolute Gasteiger partial charge is 0.353 e. The number of hydrogen-bond acceptors (Lipinski definition) is 3. The van der Waals surface area contributed by atoms with Gasteiger partial charge in [0.25, 0.3) is 0 Å². The summed E-state index contributed by atoms with van der Waals surface area (Å²) in [6.45, 7) is 9.53. The molecule has 6 heteroatoms. The van der Waals surface area contributed by atoms with Gasteiger partial charge >= 0.3 is 0 Å². The topological polar surface area (TPSA) is 61.4 Å². The predicted molar refractivity (Wildman–Crippen MR) is 87.6 cm³/mol. The van der Waals surface area contributed by atoms with Gasteiger partial charge in [-0.05, 0) is 45.7 Å². The molecule has 5 nitrogen and oxygen atoms in total. The summed E-state index contributed by atoms with van der Waals surface area (Å²) in [5, 5.41) is 6.42. The van der Waals surface area contributed by atoms with Crippen molar-refractivity contribution < 1.29 is 9.59 Å². The molecule has 1 heterocycles. The van der Waals surface area contributed by atoms with Crippen LogP contribution in [0.15, 0.2) is 0 Å². The van der Waals surface area contributed by atoms with Crippen LogP contribution < -0.4 is 10.6 Å². The minimum Gasteiger partial charge on any atom is -0.353 e. The van der Waals surface area contributed by atoms with Gasteiger partial charge in [-0.2, -0.15) is 0 Å². The molecule has 0 bridgehead atoms. The van der Waals surface area contributed by atoms with E-state index in [1.54, 1.807) is 0 Å². The van der Waals surface area contributed by atoms with Crippen molar-refractivity contribution in [3.8, 4) is 0 Å². The highest BCUT2D eigenvalue weighted by molar-refractivity contribution is 5.85. The molecule has 2 N–H and O–H groups in total. The molecule has 2 unspecified atom stereocenters. The van der Waals surface area contributed by atoms with Crippen molar-refractivity contribution in [1.82, 2.24) is 15.5 Å². The Bertz CT molecular complexity index is 322. The first-order chi connectivity index (χ1) is 9.58. The summed E-state index contributed by atoms with van der Waals surface area (Å²) in [6.07, 6.45) is 2.55. The van der Waals surface area contributed by atoms with Gasteiger partial charge in [-0.1, -0.05) is 6.92 Å². The molecule has 1 aliphatic heterocycles. The molecule has 1 fully saturated rings. The van der Waals surface area contributed by atoms with Crippen LogP contribution in [0.2, 0.25) is 0 Å². The average molecular weight is 320 g/mol. The SMILES string of the molecule is CCN(CC)C(=O)CCCC(=O)NC1CCNCC1C.Cl. The van der Waals surface area contributed by atoms with E-state index in [-0.39, 0.29) is 30.3 Å². The molecule has 0 aliphatic carbocycles. The number of carbonyl (C=O) groups is 2. The third-order valence-corrected chi connectivity index (χ3v) is 4.04. The van der Waals surface area contributed by atoms with Crippen LogP contribution in [0.25, 0.3) is 0 Å². The van der Waals surface area contributed by atoms with Crippen LogP contribution in [0.1, 0.15) is 46.5 Å². The molecule has 0 aromatic carbocycles. The van der Waals surface area contributed by atoms with E-state index in [2.05, 4.69) is 17.6 Å². The Morgan fingerprint density at radius 2 is 1.90 bits per heavy atom. The number of carbonyl (C=O) groups excluding carboxylic acids is 2. The lowest BCUT2D eigenvalue weighted by Crippen LogP contribution is -2.48. The van der Waals surface area contributed by atoms with Crippen molar-refractivity contribution in [3.63, 3.8) is 0 Å². The van der Waals surface area contributed by atoms with Gasteiger partial charge in [-0.3, -0.25) is 9.59 Å². The van der Waals surface area contributed by atoms with Crippen molar-refractivity contribution in [2.45, 2.75) is 52.5 Å². The maximum absolute atomic E-state index is 11.9. The Labute approximate surface area is 134 Å². The molecule has 0 aromatic rings. The molecule has 0 radical (unpaired) electrons. The van der Waals surface area contributed by atoms with Gasteiger partial charge in [-0.25, -0.2) is 0 Å². The summed E-state index contributed by atoms with van der Waals surface area (Å²) in [7, 11) is 0. The number of halogens is 1. The van der Waals surface area contributed by atoms with Gasteiger partial charge in [0.1, 0.15) is 0 Å². The molecule has 1 rings (SSSR count). The standard InChI is InChI=1S/C15H29N3O2.ClH/c1-4-18(5-2)15(20)8-6-7-14(19)17-13-9-10-16-11-12(13)3;/h12-13,16H,4-11H2,1-3H3,(H,17,19);1H. The highest BCUT2D eigenvalue weighted by atomic mass is 35.5. The summed E-state index contributed by atoms with van der Waals surface area (Å²) in [5.41, 5.74) is 0. The first-order valence-electron chi connectivity index (χ1n) is 7.86. The van der Waals surface area contributed by atoms with E-state index in [4.69, 9.17) is 0 Å². The zero-order chi connectivity index (χ0) is 15.0. The third-order valence-electron chi connectivity index (χ3n) is 4.04. The number of hydrogen-bond donors (Lipinski definition) is 2. The number of nitrogens with zero attached hydrogens (tertiary/aromatic N) is 1. The van der Waals surface area contributed by atoms with Gasteiger partial charge in [0.15, 0.2) is 0 Å². The first-order valence-corrected chi connectivity index (χ1v) is 7.86. The normalized spacial score (nSPS) is 21.3. The monoisotopic (exact) mass is 319 g/mol. The van der Waals surface area contributed by atoms with Crippen LogP contribution in [0.3, 0.4) is 0 Å². The fraction of sp³-hybridized carbons (Fsp3) is 0.867. The Morgan fingerprint density at radius 3 is 2.48 bits per heavy atom. The Balaban J connectivity index is 0.00000400. The molecule has 2 atom stereocenters. The minimum atomic E-state index is 0. The Morgan fingerprint density at radius 1 is 1.24 bits per heavy atom. The second-order valence-electron chi connectivity index (χ2n) is 5.56. The Kier molecular flexibility index (Phi) is 10.4. The number of nitrogens with one attached hydrogen (secondary N) is 2. The maximum atomic E-state index is 11.9. The summed E-state index contributed by atoms with van der Waals surface area (Å²) in [6, 6.07) is 0.280. The minimum absolute atomic E-state index is 0. The van der Waals surface area contributed by atoms with Crippen molar-refractivity contribution in [1.29, 1.82) is 0 Å². The molecular formula is C15H30ClN3O2. The van der Waals surface area contributed by atoms with E-state index < -0.39 is 0 Å². The van der Waals surface area contributed by atoms with Crippen molar-refractivity contribution in [2.24, 2.45) is 5.92 Å². The molecule has 124 valence electrons. The highest BCUT2D eigenvalue weighted by Crippen LogP contribution is 2.11. The van der Waals surface area contributed by atoms with Crippen LogP contribution in [0.5, 0.6) is 0 Å². The van der Waals surface area contributed by atoms with Crippen molar-refractivity contribution >= 4 is 24.2 Å². The lowest BCUT2D eigenvalue weighted by Gasteiger charge is -2.30. The van der Waals surface area contributed by atoms with Crippen LogP contribution in [-0.2, 0) is 9.59 Å². The molecule has 0 saturated carbocycles. The highest BCUT2D eigenvalue weighted by Gasteiger charge is 2.22. The van der Waals surface area contributed by atoms with E-state index >= 15 is 0 Å². The summed E-state index contributed by atoms with van der Waals surface area (Å²) in [4.78, 5) is 25.5. The van der Waals surface area contributed by atoms with Crippen molar-refractivity contribution in [3.05, 3.63) is 0 Å². The number of rotatable bonds is 7. The number of amides is 2. The lowest BCUT2D eigenvalue weighted by molar-refractivity contribution is -0.131. The van der Waals surface area contributed by atoms with Gasteiger partial charge < -0.3 is 15.5 Å². The quantitative estimate of drug-likeness (QED) is 0.748. The van der Waals surface area contributed by atoms with Crippen molar-refractivity contribution in [2.75, 3.05) is 26.2 Å². The number of piperidine rings is 1. The fourth-order valence-corrected chi connectivity index (χ4v) is 2.64. The molecule has 1 saturated heterocycles. The summed E-state index contributed by atoms with van der Waals surface area (Å²) < 4.78 is 0. The molecule has 1 aliphatic rings. The first kappa shape index (κ1) is 20.2. The van der Waals surface area contributed by atoms with E-state index in [0.29, 0.717) is 25.2 Å². The van der Waals surface area contributed by atoms with Gasteiger partial charge in [0.05, 0.1) is 0 Å². The molecule has 0 aromatic heterocycles. The average Bonchev–Trinajstić information content (AvgIpc) is 2.43.